The average Bonchev–Trinajstić information content (AvgIpc) is 2.27. The van der Waals surface area contributed by atoms with Gasteiger partial charge in [-0.05, 0) is 12.5 Å². The molecule has 0 aliphatic carbocycles. The number of benzene rings is 1. The van der Waals surface area contributed by atoms with Gasteiger partial charge in [-0.2, -0.15) is 0 Å². The minimum absolute atomic E-state index is 0.0114. The molecule has 1 aromatic carbocycles. The largest absolute Gasteiger partial charge is 0.358 e. The minimum Gasteiger partial charge on any atom is -0.358 e. The van der Waals surface area contributed by atoms with Crippen molar-refractivity contribution in [1.29, 1.82) is 0 Å². The first-order chi connectivity index (χ1) is 7.31. The predicted octanol–water partition coefficient (Wildman–Crippen LogP) is 1.78. The highest BCUT2D eigenvalue weighted by atomic mass is 16.5. The van der Waals surface area contributed by atoms with Crippen LogP contribution in [0.5, 0.6) is 0 Å². The van der Waals surface area contributed by atoms with Crippen LogP contribution < -0.4 is 0 Å². The van der Waals surface area contributed by atoms with Gasteiger partial charge in [-0.1, -0.05) is 30.3 Å². The molecule has 0 N–H and O–H groups in total. The zero-order valence-corrected chi connectivity index (χ0v) is 8.85. The summed E-state index contributed by atoms with van der Waals surface area (Å²) in [6, 6.07) is 9.98. The second kappa shape index (κ2) is 4.45. The Morgan fingerprint density at radius 1 is 1.40 bits per heavy atom. The second-order valence-corrected chi connectivity index (χ2v) is 3.62. The van der Waals surface area contributed by atoms with Crippen molar-refractivity contribution < 1.29 is 9.53 Å². The number of hydrogen-bond donors (Lipinski definition) is 0. The van der Waals surface area contributed by atoms with Crippen LogP contribution in [-0.4, -0.2) is 23.6 Å². The van der Waals surface area contributed by atoms with E-state index < -0.39 is 0 Å². The molecular weight excluding hydrogens is 190 g/mol. The molecule has 1 heterocycles. The molecule has 0 bridgehead atoms. The monoisotopic (exact) mass is 205 g/mol. The molecule has 80 valence electrons. The van der Waals surface area contributed by atoms with E-state index in [1.165, 1.54) is 0 Å². The molecule has 0 saturated carbocycles. The Labute approximate surface area is 89.7 Å². The molecule has 3 nitrogen and oxygen atoms in total. The fraction of sp³-hybridized carbons (Fsp3) is 0.417. The number of amides is 1. The quantitative estimate of drug-likeness (QED) is 0.701. The Kier molecular flexibility index (Phi) is 3.02. The third kappa shape index (κ3) is 2.18. The van der Waals surface area contributed by atoms with Crippen molar-refractivity contribution in [3.8, 4) is 0 Å². The van der Waals surface area contributed by atoms with Crippen LogP contribution in [0.25, 0.3) is 0 Å². The van der Waals surface area contributed by atoms with Crippen LogP contribution in [0.4, 0.5) is 0 Å². The maximum absolute atomic E-state index is 11.4. The lowest BCUT2D eigenvalue weighted by Crippen LogP contribution is -2.53. The van der Waals surface area contributed by atoms with Gasteiger partial charge in [0, 0.05) is 13.2 Å². The number of ether oxygens (including phenoxy) is 1. The van der Waals surface area contributed by atoms with Crippen molar-refractivity contribution in [1.82, 2.24) is 4.90 Å². The van der Waals surface area contributed by atoms with Crippen molar-refractivity contribution in [3.05, 3.63) is 35.9 Å². The lowest BCUT2D eigenvalue weighted by atomic mass is 10.1. The van der Waals surface area contributed by atoms with Crippen molar-refractivity contribution in [2.24, 2.45) is 0 Å². The normalized spacial score (nSPS) is 20.2. The molecule has 1 aliphatic heterocycles. The molecule has 1 amide bonds. The van der Waals surface area contributed by atoms with Gasteiger partial charge in [0.05, 0.1) is 6.42 Å². The Morgan fingerprint density at radius 2 is 2.13 bits per heavy atom. The zero-order chi connectivity index (χ0) is 10.7. The van der Waals surface area contributed by atoms with Gasteiger partial charge in [0.2, 0.25) is 5.91 Å². The molecule has 3 heteroatoms. The maximum Gasteiger partial charge on any atom is 0.229 e. The van der Waals surface area contributed by atoms with E-state index in [1.54, 1.807) is 4.90 Å². The molecule has 1 unspecified atom stereocenters. The number of rotatable bonds is 4. The lowest BCUT2D eigenvalue weighted by molar-refractivity contribution is -0.175. The van der Waals surface area contributed by atoms with E-state index >= 15 is 0 Å². The fourth-order valence-electron chi connectivity index (χ4n) is 1.74. The van der Waals surface area contributed by atoms with Crippen LogP contribution in [0.1, 0.15) is 18.9 Å². The summed E-state index contributed by atoms with van der Waals surface area (Å²) in [6.07, 6.45) is 0.517. The third-order valence-corrected chi connectivity index (χ3v) is 2.57. The summed E-state index contributed by atoms with van der Waals surface area (Å²) in [5.41, 5.74) is 1.15. The van der Waals surface area contributed by atoms with Crippen molar-refractivity contribution >= 4 is 5.91 Å². The van der Waals surface area contributed by atoms with Crippen LogP contribution in [0.2, 0.25) is 0 Å². The Balaban J connectivity index is 1.96. The molecule has 1 aromatic rings. The Morgan fingerprint density at radius 3 is 2.73 bits per heavy atom. The standard InChI is InChI=1S/C12H15NO2/c1-2-15-12-8-11(14)13(12)9-10-6-4-3-5-7-10/h3-7,12H,2,8-9H2,1H3. The smallest absolute Gasteiger partial charge is 0.229 e. The van der Waals surface area contributed by atoms with E-state index in [4.69, 9.17) is 4.74 Å². The van der Waals surface area contributed by atoms with Gasteiger partial charge in [-0.15, -0.1) is 0 Å². The first-order valence-electron chi connectivity index (χ1n) is 5.26. The summed E-state index contributed by atoms with van der Waals surface area (Å²) in [6.45, 7) is 3.26. The molecule has 1 saturated heterocycles. The van der Waals surface area contributed by atoms with Gasteiger partial charge in [0.1, 0.15) is 6.23 Å². The van der Waals surface area contributed by atoms with Gasteiger partial charge in [-0.25, -0.2) is 0 Å². The van der Waals surface area contributed by atoms with Gasteiger partial charge in [0.15, 0.2) is 0 Å². The summed E-state index contributed by atoms with van der Waals surface area (Å²) >= 11 is 0. The summed E-state index contributed by atoms with van der Waals surface area (Å²) < 4.78 is 5.44. The Bertz CT molecular complexity index is 337. The predicted molar refractivity (Wildman–Crippen MR) is 57.0 cm³/mol. The number of β-lactam (4-membered cyclic amide) rings is 1. The highest BCUT2D eigenvalue weighted by molar-refractivity contribution is 5.82. The molecule has 0 radical (unpaired) electrons. The number of likely N-dealkylation sites (tertiary alicyclic amines) is 1. The van der Waals surface area contributed by atoms with Crippen LogP contribution in [0.15, 0.2) is 30.3 Å². The fourth-order valence-corrected chi connectivity index (χ4v) is 1.74. The number of nitrogens with zero attached hydrogens (tertiary/aromatic N) is 1. The molecule has 1 aliphatic rings. The van der Waals surface area contributed by atoms with Gasteiger partial charge in [0.25, 0.3) is 0 Å². The maximum atomic E-state index is 11.4. The van der Waals surface area contributed by atoms with Crippen molar-refractivity contribution in [3.63, 3.8) is 0 Å². The highest BCUT2D eigenvalue weighted by Gasteiger charge is 2.36. The zero-order valence-electron chi connectivity index (χ0n) is 8.85. The molecule has 0 spiro atoms. The van der Waals surface area contributed by atoms with Crippen LogP contribution in [-0.2, 0) is 16.1 Å². The summed E-state index contributed by atoms with van der Waals surface area (Å²) in [5.74, 6) is 0.178. The van der Waals surface area contributed by atoms with Crippen molar-refractivity contribution in [2.75, 3.05) is 6.61 Å². The third-order valence-electron chi connectivity index (χ3n) is 2.57. The van der Waals surface area contributed by atoms with E-state index in [1.807, 2.05) is 37.3 Å². The SMILES string of the molecule is CCOC1CC(=O)N1Cc1ccccc1. The number of carbonyl (C=O) groups is 1. The topological polar surface area (TPSA) is 29.5 Å². The van der Waals surface area contributed by atoms with E-state index in [-0.39, 0.29) is 12.1 Å². The van der Waals surface area contributed by atoms with Gasteiger partial charge >= 0.3 is 0 Å². The van der Waals surface area contributed by atoms with E-state index in [2.05, 4.69) is 0 Å². The van der Waals surface area contributed by atoms with E-state index in [9.17, 15) is 4.79 Å². The first kappa shape index (κ1) is 10.2. The first-order valence-corrected chi connectivity index (χ1v) is 5.26. The van der Waals surface area contributed by atoms with Crippen molar-refractivity contribution in [2.45, 2.75) is 26.1 Å². The number of carbonyl (C=O) groups excluding carboxylic acids is 1. The Hall–Kier alpha value is -1.35. The molecule has 15 heavy (non-hydrogen) atoms. The summed E-state index contributed by atoms with van der Waals surface area (Å²) in [7, 11) is 0. The van der Waals surface area contributed by atoms with Crippen LogP contribution in [0, 0.1) is 0 Å². The number of hydrogen-bond acceptors (Lipinski definition) is 2. The lowest BCUT2D eigenvalue weighted by Gasteiger charge is -2.39. The van der Waals surface area contributed by atoms with E-state index in [0.29, 0.717) is 19.6 Å². The molecular formula is C12H15NO2. The average molecular weight is 205 g/mol. The minimum atomic E-state index is -0.0114. The second-order valence-electron chi connectivity index (χ2n) is 3.62. The summed E-state index contributed by atoms with van der Waals surface area (Å²) in [4.78, 5) is 13.1. The van der Waals surface area contributed by atoms with Crippen LogP contribution >= 0.6 is 0 Å². The van der Waals surface area contributed by atoms with Gasteiger partial charge in [-0.3, -0.25) is 4.79 Å². The summed E-state index contributed by atoms with van der Waals surface area (Å²) in [5, 5.41) is 0. The molecule has 2 rings (SSSR count). The molecule has 0 aromatic heterocycles. The van der Waals surface area contributed by atoms with E-state index in [0.717, 1.165) is 5.56 Å². The van der Waals surface area contributed by atoms with Gasteiger partial charge < -0.3 is 9.64 Å². The van der Waals surface area contributed by atoms with Crippen LogP contribution in [0.3, 0.4) is 0 Å². The molecule has 1 atom stereocenters. The highest BCUT2D eigenvalue weighted by Crippen LogP contribution is 2.22. The molecule has 1 fully saturated rings.